The molecular weight excluding hydrogens is 218 g/mol. The third-order valence-corrected chi connectivity index (χ3v) is 3.05. The summed E-state index contributed by atoms with van der Waals surface area (Å²) < 4.78 is 0. The standard InChI is InChI=1S/C11H25N5O/c1-5-15-10(13-7-8-14(3)4)9(12)11(17)16(15)6-2/h9-10,13H,5-8,12H2,1-4H3. The molecule has 0 aromatic rings. The Balaban J connectivity index is 2.59. The maximum Gasteiger partial charge on any atom is 0.256 e. The third kappa shape index (κ3) is 3.16. The molecular formula is C11H25N5O. The van der Waals surface area contributed by atoms with Crippen LogP contribution in [0.25, 0.3) is 0 Å². The minimum Gasteiger partial charge on any atom is -0.317 e. The number of nitrogens with two attached hydrogens (primary N) is 1. The second-order valence-electron chi connectivity index (χ2n) is 4.54. The largest absolute Gasteiger partial charge is 0.317 e. The molecule has 0 spiro atoms. The topological polar surface area (TPSA) is 64.8 Å². The quantitative estimate of drug-likeness (QED) is 0.619. The molecule has 2 unspecified atom stereocenters. The molecule has 100 valence electrons. The van der Waals surface area contributed by atoms with Crippen molar-refractivity contribution in [2.75, 3.05) is 40.3 Å². The van der Waals surface area contributed by atoms with Gasteiger partial charge in [-0.2, -0.15) is 5.01 Å². The Hall–Kier alpha value is -0.690. The zero-order chi connectivity index (χ0) is 13.0. The Morgan fingerprint density at radius 2 is 2.00 bits per heavy atom. The van der Waals surface area contributed by atoms with Crippen molar-refractivity contribution >= 4 is 5.91 Å². The van der Waals surface area contributed by atoms with Crippen LogP contribution in [0.5, 0.6) is 0 Å². The molecule has 3 N–H and O–H groups in total. The van der Waals surface area contributed by atoms with E-state index < -0.39 is 6.04 Å². The van der Waals surface area contributed by atoms with E-state index >= 15 is 0 Å². The van der Waals surface area contributed by atoms with Gasteiger partial charge in [-0.25, -0.2) is 0 Å². The summed E-state index contributed by atoms with van der Waals surface area (Å²) in [6, 6.07) is -0.461. The van der Waals surface area contributed by atoms with Gasteiger partial charge in [0, 0.05) is 26.2 Å². The van der Waals surface area contributed by atoms with Gasteiger partial charge in [0.1, 0.15) is 12.2 Å². The number of carbonyl (C=O) groups excluding carboxylic acids is 1. The van der Waals surface area contributed by atoms with Gasteiger partial charge in [0.2, 0.25) is 0 Å². The fraction of sp³-hybridized carbons (Fsp3) is 0.909. The average molecular weight is 243 g/mol. The number of hydrogen-bond donors (Lipinski definition) is 2. The van der Waals surface area contributed by atoms with Gasteiger partial charge in [-0.1, -0.05) is 6.92 Å². The lowest BCUT2D eigenvalue weighted by atomic mass is 10.2. The minimum atomic E-state index is -0.461. The summed E-state index contributed by atoms with van der Waals surface area (Å²) in [4.78, 5) is 14.0. The highest BCUT2D eigenvalue weighted by Gasteiger charge is 2.42. The summed E-state index contributed by atoms with van der Waals surface area (Å²) in [6.07, 6.45) is -0.0765. The van der Waals surface area contributed by atoms with Crippen molar-refractivity contribution in [2.45, 2.75) is 26.1 Å². The van der Waals surface area contributed by atoms with Crippen LogP contribution in [-0.4, -0.2) is 73.3 Å². The number of likely N-dealkylation sites (N-methyl/N-ethyl adjacent to an activating group) is 3. The molecule has 0 aromatic heterocycles. The van der Waals surface area contributed by atoms with Gasteiger partial charge in [0.25, 0.3) is 5.91 Å². The number of hydrazine groups is 1. The Morgan fingerprint density at radius 3 is 2.47 bits per heavy atom. The van der Waals surface area contributed by atoms with Crippen molar-refractivity contribution in [2.24, 2.45) is 5.73 Å². The number of carbonyl (C=O) groups is 1. The Kier molecular flexibility index (Phi) is 5.32. The summed E-state index contributed by atoms with van der Waals surface area (Å²) in [5.74, 6) is 0.0108. The van der Waals surface area contributed by atoms with E-state index in [-0.39, 0.29) is 12.1 Å². The van der Waals surface area contributed by atoms with Crippen molar-refractivity contribution in [3.05, 3.63) is 0 Å². The lowest BCUT2D eigenvalue weighted by molar-refractivity contribution is -0.138. The fourth-order valence-corrected chi connectivity index (χ4v) is 2.14. The first-order chi connectivity index (χ1) is 8.02. The molecule has 1 heterocycles. The van der Waals surface area contributed by atoms with Crippen molar-refractivity contribution in [3.8, 4) is 0 Å². The van der Waals surface area contributed by atoms with Gasteiger partial charge >= 0.3 is 0 Å². The van der Waals surface area contributed by atoms with Crippen LogP contribution < -0.4 is 11.1 Å². The zero-order valence-electron chi connectivity index (χ0n) is 11.3. The number of amides is 1. The van der Waals surface area contributed by atoms with Crippen molar-refractivity contribution < 1.29 is 4.79 Å². The monoisotopic (exact) mass is 243 g/mol. The van der Waals surface area contributed by atoms with E-state index in [4.69, 9.17) is 5.73 Å². The summed E-state index contributed by atoms with van der Waals surface area (Å²) in [7, 11) is 4.05. The molecule has 1 saturated heterocycles. The maximum atomic E-state index is 11.9. The molecule has 6 heteroatoms. The first-order valence-corrected chi connectivity index (χ1v) is 6.24. The molecule has 1 amide bonds. The summed E-state index contributed by atoms with van der Waals surface area (Å²) in [6.45, 7) is 7.22. The second kappa shape index (κ2) is 6.30. The van der Waals surface area contributed by atoms with Gasteiger partial charge in [-0.3, -0.25) is 15.1 Å². The first-order valence-electron chi connectivity index (χ1n) is 6.24. The molecule has 1 fully saturated rings. The minimum absolute atomic E-state index is 0.0108. The van der Waals surface area contributed by atoms with E-state index in [1.807, 2.05) is 33.0 Å². The normalized spacial score (nSPS) is 26.2. The van der Waals surface area contributed by atoms with Crippen LogP contribution in [0, 0.1) is 0 Å². The van der Waals surface area contributed by atoms with E-state index in [9.17, 15) is 4.79 Å². The Morgan fingerprint density at radius 1 is 1.35 bits per heavy atom. The van der Waals surface area contributed by atoms with Gasteiger partial charge in [-0.15, -0.1) is 0 Å². The Bertz CT molecular complexity index is 258. The van der Waals surface area contributed by atoms with E-state index in [1.54, 1.807) is 5.01 Å². The van der Waals surface area contributed by atoms with Crippen LogP contribution in [-0.2, 0) is 4.79 Å². The number of rotatable bonds is 6. The van der Waals surface area contributed by atoms with E-state index in [0.717, 1.165) is 19.6 Å². The predicted molar refractivity (Wildman–Crippen MR) is 68.1 cm³/mol. The van der Waals surface area contributed by atoms with Crippen LogP contribution in [0.3, 0.4) is 0 Å². The molecule has 1 aliphatic heterocycles. The molecule has 0 bridgehead atoms. The van der Waals surface area contributed by atoms with E-state index in [1.165, 1.54) is 0 Å². The zero-order valence-corrected chi connectivity index (χ0v) is 11.3. The number of hydrogen-bond acceptors (Lipinski definition) is 5. The maximum absolute atomic E-state index is 11.9. The number of nitrogens with one attached hydrogen (secondary N) is 1. The van der Waals surface area contributed by atoms with Crippen LogP contribution in [0.15, 0.2) is 0 Å². The van der Waals surface area contributed by atoms with Crippen molar-refractivity contribution in [3.63, 3.8) is 0 Å². The summed E-state index contributed by atoms with van der Waals surface area (Å²) in [5, 5.41) is 7.11. The van der Waals surface area contributed by atoms with Gasteiger partial charge in [0.15, 0.2) is 0 Å². The summed E-state index contributed by atoms with van der Waals surface area (Å²) in [5.41, 5.74) is 5.96. The third-order valence-electron chi connectivity index (χ3n) is 3.05. The average Bonchev–Trinajstić information content (AvgIpc) is 2.52. The first kappa shape index (κ1) is 14.4. The van der Waals surface area contributed by atoms with Crippen molar-refractivity contribution in [1.82, 2.24) is 20.2 Å². The SMILES string of the molecule is CCN1C(=O)C(N)C(NCCN(C)C)N1CC. The van der Waals surface area contributed by atoms with Gasteiger partial charge in [0.05, 0.1) is 0 Å². The highest BCUT2D eigenvalue weighted by molar-refractivity contribution is 5.84. The van der Waals surface area contributed by atoms with Crippen LogP contribution in [0.1, 0.15) is 13.8 Å². The molecule has 6 nitrogen and oxygen atoms in total. The summed E-state index contributed by atoms with van der Waals surface area (Å²) >= 11 is 0. The van der Waals surface area contributed by atoms with Gasteiger partial charge in [-0.05, 0) is 21.0 Å². The molecule has 0 aromatic carbocycles. The lowest BCUT2D eigenvalue weighted by Gasteiger charge is -2.30. The van der Waals surface area contributed by atoms with Crippen LogP contribution in [0.2, 0.25) is 0 Å². The smallest absolute Gasteiger partial charge is 0.256 e. The molecule has 0 saturated carbocycles. The van der Waals surface area contributed by atoms with Crippen LogP contribution in [0.4, 0.5) is 0 Å². The highest BCUT2D eigenvalue weighted by atomic mass is 16.2. The highest BCUT2D eigenvalue weighted by Crippen LogP contribution is 2.16. The second-order valence-corrected chi connectivity index (χ2v) is 4.54. The predicted octanol–water partition coefficient (Wildman–Crippen LogP) is -1.11. The molecule has 0 radical (unpaired) electrons. The van der Waals surface area contributed by atoms with Crippen LogP contribution >= 0.6 is 0 Å². The van der Waals surface area contributed by atoms with E-state index in [2.05, 4.69) is 10.2 Å². The molecule has 1 aliphatic rings. The van der Waals surface area contributed by atoms with Crippen molar-refractivity contribution in [1.29, 1.82) is 0 Å². The molecule has 1 rings (SSSR count). The number of nitrogens with zero attached hydrogens (tertiary/aromatic N) is 3. The fourth-order valence-electron chi connectivity index (χ4n) is 2.14. The Labute approximate surface area is 104 Å². The lowest BCUT2D eigenvalue weighted by Crippen LogP contribution is -2.53. The molecule has 0 aliphatic carbocycles. The van der Waals surface area contributed by atoms with Gasteiger partial charge < -0.3 is 10.6 Å². The van der Waals surface area contributed by atoms with E-state index in [0.29, 0.717) is 6.54 Å². The molecule has 2 atom stereocenters. The molecule has 17 heavy (non-hydrogen) atoms.